The van der Waals surface area contributed by atoms with Crippen LogP contribution >= 0.6 is 15.9 Å². The molecule has 0 saturated heterocycles. The minimum Gasteiger partial charge on any atom is -0.452 e. The van der Waals surface area contributed by atoms with E-state index in [1.54, 1.807) is 13.8 Å². The van der Waals surface area contributed by atoms with Crippen LogP contribution in [0.15, 0.2) is 22.7 Å². The number of halogens is 2. The van der Waals surface area contributed by atoms with Crippen molar-refractivity contribution >= 4 is 27.8 Å². The molecule has 98 valence electrons. The molecule has 1 rings (SSSR count). The van der Waals surface area contributed by atoms with Crippen molar-refractivity contribution in [2.75, 3.05) is 6.61 Å². The first-order chi connectivity index (χ1) is 8.40. The van der Waals surface area contributed by atoms with Crippen molar-refractivity contribution in [2.24, 2.45) is 0 Å². The van der Waals surface area contributed by atoms with Crippen molar-refractivity contribution < 1.29 is 18.7 Å². The van der Waals surface area contributed by atoms with Gasteiger partial charge in [-0.15, -0.1) is 0 Å². The standard InChI is InChI=1S/C12H13BrFNO3/c1-7(2)15-11(16)6-18-12(17)9-4-3-8(13)5-10(9)14/h3-5,7H,6H2,1-2H3,(H,15,16). The highest BCUT2D eigenvalue weighted by atomic mass is 79.9. The van der Waals surface area contributed by atoms with Crippen LogP contribution in [-0.2, 0) is 9.53 Å². The highest BCUT2D eigenvalue weighted by Crippen LogP contribution is 2.15. The third-order valence-electron chi connectivity index (χ3n) is 1.94. The molecule has 0 bridgehead atoms. The van der Waals surface area contributed by atoms with Crippen LogP contribution in [0.4, 0.5) is 4.39 Å². The van der Waals surface area contributed by atoms with Crippen LogP contribution in [0.5, 0.6) is 0 Å². The molecule has 0 heterocycles. The van der Waals surface area contributed by atoms with Gasteiger partial charge in [0.2, 0.25) is 0 Å². The fourth-order valence-corrected chi connectivity index (χ4v) is 1.56. The lowest BCUT2D eigenvalue weighted by Crippen LogP contribution is -2.34. The number of carbonyl (C=O) groups excluding carboxylic acids is 2. The largest absolute Gasteiger partial charge is 0.452 e. The van der Waals surface area contributed by atoms with Gasteiger partial charge in [0.1, 0.15) is 5.82 Å². The lowest BCUT2D eigenvalue weighted by molar-refractivity contribution is -0.124. The lowest BCUT2D eigenvalue weighted by Gasteiger charge is -2.09. The number of benzene rings is 1. The fourth-order valence-electron chi connectivity index (χ4n) is 1.23. The van der Waals surface area contributed by atoms with Gasteiger partial charge < -0.3 is 10.1 Å². The van der Waals surface area contributed by atoms with Crippen molar-refractivity contribution in [3.8, 4) is 0 Å². The Morgan fingerprint density at radius 1 is 1.44 bits per heavy atom. The normalized spacial score (nSPS) is 10.3. The Labute approximate surface area is 113 Å². The molecule has 1 amide bonds. The van der Waals surface area contributed by atoms with Gasteiger partial charge in [0.05, 0.1) is 5.56 Å². The second kappa shape index (κ2) is 6.49. The van der Waals surface area contributed by atoms with Crippen LogP contribution in [0.1, 0.15) is 24.2 Å². The molecule has 0 aliphatic carbocycles. The minimum absolute atomic E-state index is 0.0411. The van der Waals surface area contributed by atoms with Gasteiger partial charge >= 0.3 is 5.97 Å². The van der Waals surface area contributed by atoms with Crippen molar-refractivity contribution in [1.82, 2.24) is 5.32 Å². The van der Waals surface area contributed by atoms with Crippen LogP contribution in [0.2, 0.25) is 0 Å². The minimum atomic E-state index is -0.862. The van der Waals surface area contributed by atoms with Crippen LogP contribution < -0.4 is 5.32 Å². The average Bonchev–Trinajstić information content (AvgIpc) is 2.25. The molecule has 1 aromatic carbocycles. The number of hydrogen-bond acceptors (Lipinski definition) is 3. The van der Waals surface area contributed by atoms with E-state index in [1.165, 1.54) is 12.1 Å². The fraction of sp³-hybridized carbons (Fsp3) is 0.333. The lowest BCUT2D eigenvalue weighted by atomic mass is 10.2. The summed E-state index contributed by atoms with van der Waals surface area (Å²) in [6, 6.07) is 3.93. The predicted octanol–water partition coefficient (Wildman–Crippen LogP) is 2.27. The number of esters is 1. The summed E-state index contributed by atoms with van der Waals surface area (Å²) >= 11 is 3.08. The van der Waals surface area contributed by atoms with Gasteiger partial charge in [-0.3, -0.25) is 4.79 Å². The van der Waals surface area contributed by atoms with Gasteiger partial charge in [-0.25, -0.2) is 9.18 Å². The van der Waals surface area contributed by atoms with Crippen molar-refractivity contribution in [3.05, 3.63) is 34.1 Å². The number of rotatable bonds is 4. The van der Waals surface area contributed by atoms with E-state index in [2.05, 4.69) is 21.2 Å². The van der Waals surface area contributed by atoms with E-state index in [4.69, 9.17) is 4.74 Å². The molecule has 18 heavy (non-hydrogen) atoms. The number of amides is 1. The maximum absolute atomic E-state index is 13.4. The Balaban J connectivity index is 2.58. The van der Waals surface area contributed by atoms with Crippen molar-refractivity contribution in [1.29, 1.82) is 0 Å². The SMILES string of the molecule is CC(C)NC(=O)COC(=O)c1ccc(Br)cc1F. The number of ether oxygens (including phenoxy) is 1. The van der Waals surface area contributed by atoms with E-state index in [-0.39, 0.29) is 11.6 Å². The molecule has 0 fully saturated rings. The van der Waals surface area contributed by atoms with E-state index in [9.17, 15) is 14.0 Å². The van der Waals surface area contributed by atoms with Crippen molar-refractivity contribution in [2.45, 2.75) is 19.9 Å². The van der Waals surface area contributed by atoms with Crippen LogP contribution in [0.3, 0.4) is 0 Å². The van der Waals surface area contributed by atoms with Gasteiger partial charge in [-0.2, -0.15) is 0 Å². The average molecular weight is 318 g/mol. The van der Waals surface area contributed by atoms with E-state index in [1.807, 2.05) is 0 Å². The molecule has 0 atom stereocenters. The van der Waals surface area contributed by atoms with Crippen LogP contribution in [0.25, 0.3) is 0 Å². The van der Waals surface area contributed by atoms with Gasteiger partial charge in [-0.05, 0) is 32.0 Å². The molecule has 0 aromatic heterocycles. The highest BCUT2D eigenvalue weighted by Gasteiger charge is 2.15. The van der Waals surface area contributed by atoms with E-state index in [0.29, 0.717) is 4.47 Å². The molecule has 0 aliphatic heterocycles. The number of nitrogens with one attached hydrogen (secondary N) is 1. The summed E-state index contributed by atoms with van der Waals surface area (Å²) in [5.74, 6) is -1.98. The molecule has 4 nitrogen and oxygen atoms in total. The molecule has 1 aromatic rings. The smallest absolute Gasteiger partial charge is 0.341 e. The molecule has 0 aliphatic rings. The second-order valence-electron chi connectivity index (χ2n) is 3.92. The maximum atomic E-state index is 13.4. The molecule has 0 spiro atoms. The third-order valence-corrected chi connectivity index (χ3v) is 2.43. The zero-order chi connectivity index (χ0) is 13.7. The summed E-state index contributed by atoms with van der Waals surface area (Å²) in [5.41, 5.74) is -0.199. The summed E-state index contributed by atoms with van der Waals surface area (Å²) < 4.78 is 18.6. The summed E-state index contributed by atoms with van der Waals surface area (Å²) in [6.45, 7) is 3.15. The molecule has 0 radical (unpaired) electrons. The monoisotopic (exact) mass is 317 g/mol. The Hall–Kier alpha value is -1.43. The predicted molar refractivity (Wildman–Crippen MR) is 67.7 cm³/mol. The number of carbonyl (C=O) groups is 2. The Bertz CT molecular complexity index is 463. The van der Waals surface area contributed by atoms with Gasteiger partial charge in [-0.1, -0.05) is 15.9 Å². The van der Waals surface area contributed by atoms with Gasteiger partial charge in [0, 0.05) is 10.5 Å². The van der Waals surface area contributed by atoms with Crippen molar-refractivity contribution in [3.63, 3.8) is 0 Å². The molecular weight excluding hydrogens is 305 g/mol. The molecular formula is C12H13BrFNO3. The van der Waals surface area contributed by atoms with Crippen LogP contribution in [0, 0.1) is 5.82 Å². The zero-order valence-electron chi connectivity index (χ0n) is 10.00. The molecule has 6 heteroatoms. The highest BCUT2D eigenvalue weighted by molar-refractivity contribution is 9.10. The summed E-state index contributed by atoms with van der Waals surface area (Å²) in [4.78, 5) is 22.7. The summed E-state index contributed by atoms with van der Waals surface area (Å²) in [7, 11) is 0. The molecule has 0 unspecified atom stereocenters. The van der Waals surface area contributed by atoms with E-state index < -0.39 is 24.3 Å². The van der Waals surface area contributed by atoms with E-state index in [0.717, 1.165) is 6.07 Å². The van der Waals surface area contributed by atoms with E-state index >= 15 is 0 Å². The quantitative estimate of drug-likeness (QED) is 0.867. The first-order valence-corrected chi connectivity index (χ1v) is 6.11. The Morgan fingerprint density at radius 3 is 2.67 bits per heavy atom. The van der Waals surface area contributed by atoms with Gasteiger partial charge in [0.15, 0.2) is 6.61 Å². The second-order valence-corrected chi connectivity index (χ2v) is 4.84. The maximum Gasteiger partial charge on any atom is 0.341 e. The first-order valence-electron chi connectivity index (χ1n) is 5.31. The summed E-state index contributed by atoms with van der Waals surface area (Å²) in [6.07, 6.45) is 0. The van der Waals surface area contributed by atoms with Crippen LogP contribution in [-0.4, -0.2) is 24.5 Å². The molecule has 0 saturated carbocycles. The Kier molecular flexibility index (Phi) is 5.27. The first kappa shape index (κ1) is 14.6. The summed E-state index contributed by atoms with van der Waals surface area (Å²) in [5, 5.41) is 2.56. The molecule has 1 N–H and O–H groups in total. The Morgan fingerprint density at radius 2 is 2.11 bits per heavy atom. The number of hydrogen-bond donors (Lipinski definition) is 1. The zero-order valence-corrected chi connectivity index (χ0v) is 11.6. The van der Waals surface area contributed by atoms with Gasteiger partial charge in [0.25, 0.3) is 5.91 Å². The topological polar surface area (TPSA) is 55.4 Å². The third kappa shape index (κ3) is 4.44.